The molecule has 0 aliphatic rings. The van der Waals surface area contributed by atoms with Gasteiger partial charge in [-0.25, -0.2) is 0 Å². The van der Waals surface area contributed by atoms with Gasteiger partial charge in [-0.05, 0) is 25.3 Å². The van der Waals surface area contributed by atoms with Gasteiger partial charge in [0.15, 0.2) is 0 Å². The van der Waals surface area contributed by atoms with Crippen LogP contribution in [0.3, 0.4) is 0 Å². The van der Waals surface area contributed by atoms with Crippen LogP contribution in [0.1, 0.15) is 17.4 Å². The highest BCUT2D eigenvalue weighted by atomic mass is 35.5. The summed E-state index contributed by atoms with van der Waals surface area (Å²) in [7, 11) is 0. The summed E-state index contributed by atoms with van der Waals surface area (Å²) in [6.07, 6.45) is 3.52. The van der Waals surface area contributed by atoms with E-state index in [0.29, 0.717) is 10.7 Å². The summed E-state index contributed by atoms with van der Waals surface area (Å²) in [5.74, 6) is 0.700. The van der Waals surface area contributed by atoms with Crippen molar-refractivity contribution in [1.82, 2.24) is 10.3 Å². The number of aromatic nitrogens is 1. The average Bonchev–Trinajstić information content (AvgIpc) is 2.18. The van der Waals surface area contributed by atoms with Gasteiger partial charge in [-0.1, -0.05) is 11.6 Å². The number of amides is 1. The highest BCUT2D eigenvalue weighted by Gasteiger charge is 2.10. The molecule has 0 bridgehead atoms. The van der Waals surface area contributed by atoms with Crippen molar-refractivity contribution in [2.75, 3.05) is 12.0 Å². The molecule has 1 rings (SSSR count). The number of nitrogens with zero attached hydrogens (tertiary/aromatic N) is 1. The van der Waals surface area contributed by atoms with E-state index in [1.54, 1.807) is 23.9 Å². The van der Waals surface area contributed by atoms with Gasteiger partial charge in [0.05, 0.1) is 0 Å². The molecule has 5 heteroatoms. The molecule has 0 radical (unpaired) electrons. The molecule has 0 fully saturated rings. The van der Waals surface area contributed by atoms with Crippen molar-refractivity contribution in [2.24, 2.45) is 0 Å². The second-order valence-electron chi connectivity index (χ2n) is 3.19. The van der Waals surface area contributed by atoms with Crippen LogP contribution < -0.4 is 5.32 Å². The minimum absolute atomic E-state index is 0.133. The Kier molecular flexibility index (Phi) is 4.91. The Morgan fingerprint density at radius 1 is 1.73 bits per heavy atom. The molecular weight excluding hydrogens is 232 g/mol. The number of nitrogens with one attached hydrogen (secondary N) is 1. The van der Waals surface area contributed by atoms with Gasteiger partial charge in [0, 0.05) is 23.0 Å². The van der Waals surface area contributed by atoms with Crippen LogP contribution in [0.25, 0.3) is 0 Å². The molecule has 1 unspecified atom stereocenters. The molecule has 1 atom stereocenters. The van der Waals surface area contributed by atoms with Gasteiger partial charge in [0.25, 0.3) is 5.91 Å². The van der Waals surface area contributed by atoms with E-state index in [-0.39, 0.29) is 11.9 Å². The van der Waals surface area contributed by atoms with Crippen LogP contribution in [0.15, 0.2) is 18.3 Å². The molecular formula is C10H13ClN2OS. The van der Waals surface area contributed by atoms with Crippen molar-refractivity contribution in [3.05, 3.63) is 29.0 Å². The molecule has 1 aromatic rings. The van der Waals surface area contributed by atoms with Crippen molar-refractivity contribution in [3.63, 3.8) is 0 Å². The van der Waals surface area contributed by atoms with Crippen LogP contribution in [0.5, 0.6) is 0 Å². The first kappa shape index (κ1) is 12.3. The zero-order valence-electron chi connectivity index (χ0n) is 8.66. The number of carbonyl (C=O) groups excluding carboxylic acids is 1. The summed E-state index contributed by atoms with van der Waals surface area (Å²) < 4.78 is 0. The Balaban J connectivity index is 2.61. The second-order valence-corrected chi connectivity index (χ2v) is 4.54. The maximum absolute atomic E-state index is 11.6. The number of halogens is 1. The number of hydrogen-bond donors (Lipinski definition) is 1. The van der Waals surface area contributed by atoms with Gasteiger partial charge < -0.3 is 5.32 Å². The predicted molar refractivity (Wildman–Crippen MR) is 64.6 cm³/mol. The zero-order valence-corrected chi connectivity index (χ0v) is 10.2. The lowest BCUT2D eigenvalue weighted by Gasteiger charge is -2.11. The first-order valence-electron chi connectivity index (χ1n) is 4.55. The summed E-state index contributed by atoms with van der Waals surface area (Å²) >= 11 is 7.45. The van der Waals surface area contributed by atoms with E-state index in [1.165, 1.54) is 6.20 Å². The van der Waals surface area contributed by atoms with E-state index in [9.17, 15) is 4.79 Å². The van der Waals surface area contributed by atoms with Crippen molar-refractivity contribution < 1.29 is 4.79 Å². The fraction of sp³-hybridized carbons (Fsp3) is 0.400. The Labute approximate surface area is 98.6 Å². The van der Waals surface area contributed by atoms with E-state index in [4.69, 9.17) is 11.6 Å². The van der Waals surface area contributed by atoms with Crippen LogP contribution in [0, 0.1) is 0 Å². The molecule has 1 amide bonds. The number of thioether (sulfide) groups is 1. The fourth-order valence-electron chi connectivity index (χ4n) is 1.12. The molecule has 0 spiro atoms. The molecule has 82 valence electrons. The third kappa shape index (κ3) is 4.10. The zero-order chi connectivity index (χ0) is 11.3. The third-order valence-corrected chi connectivity index (χ3v) is 2.82. The monoisotopic (exact) mass is 244 g/mol. The van der Waals surface area contributed by atoms with E-state index >= 15 is 0 Å². The fourth-order valence-corrected chi connectivity index (χ4v) is 1.86. The SMILES string of the molecule is CSCC(C)NC(=O)c1cc(Cl)ccn1. The van der Waals surface area contributed by atoms with Crippen LogP contribution in [-0.2, 0) is 0 Å². The summed E-state index contributed by atoms with van der Waals surface area (Å²) in [5.41, 5.74) is 0.357. The maximum atomic E-state index is 11.6. The highest BCUT2D eigenvalue weighted by Crippen LogP contribution is 2.08. The molecule has 0 aromatic carbocycles. The Hall–Kier alpha value is -0.740. The standard InChI is InChI=1S/C10H13ClN2OS/c1-7(6-15-2)13-10(14)9-5-8(11)3-4-12-9/h3-5,7H,6H2,1-2H3,(H,13,14). The van der Waals surface area contributed by atoms with Crippen LogP contribution in [-0.4, -0.2) is 28.9 Å². The summed E-state index contributed by atoms with van der Waals surface area (Å²) in [6, 6.07) is 3.33. The van der Waals surface area contributed by atoms with E-state index in [2.05, 4.69) is 10.3 Å². The van der Waals surface area contributed by atoms with E-state index in [1.807, 2.05) is 13.2 Å². The van der Waals surface area contributed by atoms with Gasteiger partial charge >= 0.3 is 0 Å². The number of pyridine rings is 1. The normalized spacial score (nSPS) is 12.2. The maximum Gasteiger partial charge on any atom is 0.270 e. The first-order valence-corrected chi connectivity index (χ1v) is 6.32. The van der Waals surface area contributed by atoms with Gasteiger partial charge in [-0.3, -0.25) is 9.78 Å². The molecule has 0 aliphatic heterocycles. The smallest absolute Gasteiger partial charge is 0.270 e. The molecule has 1 heterocycles. The lowest BCUT2D eigenvalue weighted by molar-refractivity contribution is 0.0939. The molecule has 15 heavy (non-hydrogen) atoms. The lowest BCUT2D eigenvalue weighted by atomic mass is 10.3. The summed E-state index contributed by atoms with van der Waals surface area (Å²) in [4.78, 5) is 15.6. The van der Waals surface area contributed by atoms with E-state index in [0.717, 1.165) is 5.75 Å². The number of hydrogen-bond acceptors (Lipinski definition) is 3. The molecule has 3 nitrogen and oxygen atoms in total. The highest BCUT2D eigenvalue weighted by molar-refractivity contribution is 7.98. The summed E-state index contributed by atoms with van der Waals surface area (Å²) in [5, 5.41) is 3.36. The Morgan fingerprint density at radius 3 is 3.07 bits per heavy atom. The van der Waals surface area contributed by atoms with Crippen molar-refractivity contribution >= 4 is 29.3 Å². The first-order chi connectivity index (χ1) is 7.13. The van der Waals surface area contributed by atoms with Crippen LogP contribution >= 0.6 is 23.4 Å². The van der Waals surface area contributed by atoms with Gasteiger partial charge in [0.2, 0.25) is 0 Å². The van der Waals surface area contributed by atoms with Crippen molar-refractivity contribution in [3.8, 4) is 0 Å². The Morgan fingerprint density at radius 2 is 2.47 bits per heavy atom. The van der Waals surface area contributed by atoms with Crippen molar-refractivity contribution in [1.29, 1.82) is 0 Å². The molecule has 0 saturated carbocycles. The molecule has 1 aromatic heterocycles. The lowest BCUT2D eigenvalue weighted by Crippen LogP contribution is -2.34. The molecule has 0 aliphatic carbocycles. The quantitative estimate of drug-likeness (QED) is 0.883. The van der Waals surface area contributed by atoms with Crippen LogP contribution in [0.2, 0.25) is 5.02 Å². The van der Waals surface area contributed by atoms with E-state index < -0.39 is 0 Å². The minimum atomic E-state index is -0.181. The molecule has 1 N–H and O–H groups in total. The molecule has 0 saturated heterocycles. The number of carbonyl (C=O) groups is 1. The van der Waals surface area contributed by atoms with Gasteiger partial charge in [-0.15, -0.1) is 0 Å². The second kappa shape index (κ2) is 5.98. The van der Waals surface area contributed by atoms with Crippen LogP contribution in [0.4, 0.5) is 0 Å². The van der Waals surface area contributed by atoms with Gasteiger partial charge in [-0.2, -0.15) is 11.8 Å². The Bertz CT molecular complexity index is 346. The average molecular weight is 245 g/mol. The van der Waals surface area contributed by atoms with Crippen molar-refractivity contribution in [2.45, 2.75) is 13.0 Å². The largest absolute Gasteiger partial charge is 0.347 e. The number of rotatable bonds is 4. The third-order valence-electron chi connectivity index (χ3n) is 1.75. The minimum Gasteiger partial charge on any atom is -0.347 e. The summed E-state index contributed by atoms with van der Waals surface area (Å²) in [6.45, 7) is 1.96. The predicted octanol–water partition coefficient (Wildman–Crippen LogP) is 2.22. The van der Waals surface area contributed by atoms with Gasteiger partial charge in [0.1, 0.15) is 5.69 Å². The topological polar surface area (TPSA) is 42.0 Å².